The van der Waals surface area contributed by atoms with Gasteiger partial charge in [-0.15, -0.1) is 0 Å². The van der Waals surface area contributed by atoms with E-state index in [1.54, 1.807) is 6.92 Å². The van der Waals surface area contributed by atoms with E-state index in [1.807, 2.05) is 0 Å². The molecule has 0 radical (unpaired) electrons. The summed E-state index contributed by atoms with van der Waals surface area (Å²) < 4.78 is 28.7. The maximum atomic E-state index is 12.8. The zero-order valence-corrected chi connectivity index (χ0v) is 15.5. The Balaban J connectivity index is 2.06. The summed E-state index contributed by atoms with van der Waals surface area (Å²) >= 11 is 6.18. The van der Waals surface area contributed by atoms with Crippen LogP contribution in [-0.2, 0) is 19.4 Å². The Morgan fingerprint density at radius 3 is 2.44 bits per heavy atom. The number of benzene rings is 1. The number of Topliss-reactive ketones (excluding diaryl/α,β-unsaturated/α-hetero) is 3. The van der Waals surface area contributed by atoms with Crippen molar-refractivity contribution in [2.45, 2.75) is 18.2 Å². The molecule has 2 fully saturated rings. The van der Waals surface area contributed by atoms with E-state index in [4.69, 9.17) is 16.3 Å². The molecule has 0 bridgehead atoms. The highest BCUT2D eigenvalue weighted by atomic mass is 35.5. The Morgan fingerprint density at radius 1 is 1.24 bits per heavy atom. The summed E-state index contributed by atoms with van der Waals surface area (Å²) in [6, 6.07) is 2.43. The zero-order valence-electron chi connectivity index (χ0n) is 13.9. The van der Waals surface area contributed by atoms with Gasteiger partial charge in [-0.05, 0) is 24.5 Å². The molecule has 2 saturated carbocycles. The number of hydrogen-bond acceptors (Lipinski definition) is 6. The number of fused-ring (bicyclic) bond motifs is 1. The minimum Gasteiger partial charge on any atom is -0.494 e. The van der Waals surface area contributed by atoms with Gasteiger partial charge in [-0.25, -0.2) is 8.42 Å². The Bertz CT molecular complexity index is 904. The van der Waals surface area contributed by atoms with Crippen LogP contribution in [0.3, 0.4) is 0 Å². The first-order valence-electron chi connectivity index (χ1n) is 7.77. The summed E-state index contributed by atoms with van der Waals surface area (Å²) in [7, 11) is -2.39. The van der Waals surface area contributed by atoms with Gasteiger partial charge in [0, 0.05) is 23.7 Å². The smallest absolute Gasteiger partial charge is 0.182 e. The van der Waals surface area contributed by atoms with Gasteiger partial charge in [0.2, 0.25) is 0 Å². The molecule has 0 amide bonds. The van der Waals surface area contributed by atoms with Crippen molar-refractivity contribution in [3.05, 3.63) is 22.7 Å². The molecule has 4 atom stereocenters. The third kappa shape index (κ3) is 2.79. The summed E-state index contributed by atoms with van der Waals surface area (Å²) in [6.45, 7) is 1.73. The number of halogens is 1. The monoisotopic (exact) mass is 384 g/mol. The predicted octanol–water partition coefficient (Wildman–Crippen LogP) is 1.97. The fourth-order valence-electron chi connectivity index (χ4n) is 3.55. The highest BCUT2D eigenvalue weighted by Crippen LogP contribution is 2.51. The molecule has 3 rings (SSSR count). The van der Waals surface area contributed by atoms with Gasteiger partial charge < -0.3 is 4.74 Å². The second-order valence-electron chi connectivity index (χ2n) is 6.63. The second-order valence-corrected chi connectivity index (χ2v) is 8.99. The number of ketones is 3. The number of methoxy groups -OCH3 is 1. The van der Waals surface area contributed by atoms with Crippen LogP contribution in [0.4, 0.5) is 0 Å². The molecule has 25 heavy (non-hydrogen) atoms. The van der Waals surface area contributed by atoms with Gasteiger partial charge in [0.1, 0.15) is 10.8 Å². The molecule has 0 spiro atoms. The predicted molar refractivity (Wildman–Crippen MR) is 89.7 cm³/mol. The van der Waals surface area contributed by atoms with Gasteiger partial charge in [0.15, 0.2) is 32.9 Å². The first-order valence-corrected chi connectivity index (χ1v) is 10.0. The van der Waals surface area contributed by atoms with Gasteiger partial charge in [0.05, 0.1) is 12.1 Å². The molecule has 0 unspecified atom stereocenters. The molecule has 0 heterocycles. The molecule has 2 aliphatic rings. The molecule has 8 heteroatoms. The summed E-state index contributed by atoms with van der Waals surface area (Å²) in [5.41, 5.74) is -0.0797. The highest BCUT2D eigenvalue weighted by molar-refractivity contribution is 7.90. The van der Waals surface area contributed by atoms with Crippen LogP contribution < -0.4 is 4.74 Å². The van der Waals surface area contributed by atoms with E-state index in [0.29, 0.717) is 6.42 Å². The van der Waals surface area contributed by atoms with E-state index in [2.05, 4.69) is 0 Å². The normalized spacial score (nSPS) is 28.5. The molecule has 0 aromatic heterocycles. The highest BCUT2D eigenvalue weighted by Gasteiger charge is 2.58. The lowest BCUT2D eigenvalue weighted by molar-refractivity contribution is -0.136. The van der Waals surface area contributed by atoms with Crippen LogP contribution in [0.1, 0.15) is 23.7 Å². The van der Waals surface area contributed by atoms with E-state index < -0.39 is 27.3 Å². The Morgan fingerprint density at radius 2 is 1.88 bits per heavy atom. The standard InChI is InChI=1S/C17H17ClO6S/c1-7-9-6-10(9)16(21)12(14(7)19)15(20)8-4-5-11(25(3,22)23)17(24-2)13(8)18/h4-5,7,9-10,12H,6H2,1-3H3/t7-,9-,10-,12+/m1/s1. The molecule has 0 saturated heterocycles. The average molecular weight is 385 g/mol. The number of sulfone groups is 1. The molecule has 1 aromatic rings. The van der Waals surface area contributed by atoms with E-state index in [-0.39, 0.29) is 44.8 Å². The second kappa shape index (κ2) is 5.92. The van der Waals surface area contributed by atoms with Gasteiger partial charge in [-0.3, -0.25) is 14.4 Å². The number of carbonyl (C=O) groups excluding carboxylic acids is 3. The van der Waals surface area contributed by atoms with Crippen LogP contribution >= 0.6 is 11.6 Å². The average Bonchev–Trinajstić information content (AvgIpc) is 3.32. The topological polar surface area (TPSA) is 94.6 Å². The zero-order chi connectivity index (χ0) is 18.7. The molecular weight excluding hydrogens is 368 g/mol. The van der Waals surface area contributed by atoms with E-state index >= 15 is 0 Å². The summed E-state index contributed by atoms with van der Waals surface area (Å²) in [5.74, 6) is -3.52. The largest absolute Gasteiger partial charge is 0.494 e. The quantitative estimate of drug-likeness (QED) is 0.582. The molecule has 0 aliphatic heterocycles. The first kappa shape index (κ1) is 18.1. The van der Waals surface area contributed by atoms with Gasteiger partial charge in [0.25, 0.3) is 0 Å². The van der Waals surface area contributed by atoms with Gasteiger partial charge >= 0.3 is 0 Å². The van der Waals surface area contributed by atoms with Crippen molar-refractivity contribution >= 4 is 38.8 Å². The molecule has 1 aromatic carbocycles. The van der Waals surface area contributed by atoms with Crippen LogP contribution in [0.5, 0.6) is 5.75 Å². The van der Waals surface area contributed by atoms with Crippen molar-refractivity contribution in [3.8, 4) is 5.75 Å². The maximum absolute atomic E-state index is 12.8. The van der Waals surface area contributed by atoms with E-state index in [0.717, 1.165) is 6.26 Å². The lowest BCUT2D eigenvalue weighted by Gasteiger charge is -2.23. The lowest BCUT2D eigenvalue weighted by Crippen LogP contribution is -2.41. The van der Waals surface area contributed by atoms with Crippen molar-refractivity contribution in [1.29, 1.82) is 0 Å². The third-order valence-electron chi connectivity index (χ3n) is 5.06. The van der Waals surface area contributed by atoms with Crippen molar-refractivity contribution in [2.75, 3.05) is 13.4 Å². The summed E-state index contributed by atoms with van der Waals surface area (Å²) in [5, 5.41) is -0.207. The summed E-state index contributed by atoms with van der Waals surface area (Å²) in [4.78, 5) is 37.6. The number of hydrogen-bond donors (Lipinski definition) is 0. The SMILES string of the molecule is COc1c(S(C)(=O)=O)ccc(C(=O)[C@@H]2C(=O)[C@H](C)[C@H]3C[C@H]3C2=O)c1Cl. The fraction of sp³-hybridized carbons (Fsp3) is 0.471. The number of carbonyl (C=O) groups is 3. The molecule has 134 valence electrons. The van der Waals surface area contributed by atoms with Crippen LogP contribution in [0.15, 0.2) is 17.0 Å². The van der Waals surface area contributed by atoms with Crippen molar-refractivity contribution in [1.82, 2.24) is 0 Å². The Labute approximate surface area is 150 Å². The number of rotatable bonds is 4. The van der Waals surface area contributed by atoms with Gasteiger partial charge in [-0.2, -0.15) is 0 Å². The summed E-state index contributed by atoms with van der Waals surface area (Å²) in [6.07, 6.45) is 1.63. The molecule has 0 N–H and O–H groups in total. The number of ether oxygens (including phenoxy) is 1. The van der Waals surface area contributed by atoms with Crippen molar-refractivity contribution in [3.63, 3.8) is 0 Å². The minimum atomic E-state index is -3.62. The molecule has 2 aliphatic carbocycles. The Hall–Kier alpha value is -1.73. The first-order chi connectivity index (χ1) is 11.6. The van der Waals surface area contributed by atoms with E-state index in [1.165, 1.54) is 19.2 Å². The van der Waals surface area contributed by atoms with Crippen LogP contribution in [0.2, 0.25) is 5.02 Å². The lowest BCUT2D eigenvalue weighted by atomic mass is 9.76. The van der Waals surface area contributed by atoms with Crippen LogP contribution in [-0.4, -0.2) is 39.1 Å². The molecular formula is C17H17ClO6S. The molecule has 6 nitrogen and oxygen atoms in total. The fourth-order valence-corrected chi connectivity index (χ4v) is 4.78. The van der Waals surface area contributed by atoms with Crippen LogP contribution in [0.25, 0.3) is 0 Å². The van der Waals surface area contributed by atoms with Gasteiger partial charge in [-0.1, -0.05) is 18.5 Å². The maximum Gasteiger partial charge on any atom is 0.182 e. The van der Waals surface area contributed by atoms with Crippen LogP contribution in [0, 0.1) is 23.7 Å². The van der Waals surface area contributed by atoms with Crippen molar-refractivity contribution < 1.29 is 27.5 Å². The minimum absolute atomic E-state index is 0.0432. The third-order valence-corrected chi connectivity index (χ3v) is 6.55. The van der Waals surface area contributed by atoms with E-state index in [9.17, 15) is 22.8 Å². The van der Waals surface area contributed by atoms with Crippen molar-refractivity contribution in [2.24, 2.45) is 23.7 Å². The Kier molecular flexibility index (Phi) is 4.28.